The van der Waals surface area contributed by atoms with Crippen molar-refractivity contribution in [1.82, 2.24) is 0 Å². The van der Waals surface area contributed by atoms with Gasteiger partial charge in [-0.15, -0.1) is 0 Å². The van der Waals surface area contributed by atoms with E-state index < -0.39 is 10.0 Å². The summed E-state index contributed by atoms with van der Waals surface area (Å²) in [5.41, 5.74) is 2.16. The lowest BCUT2D eigenvalue weighted by molar-refractivity contribution is 0.0993. The number of ether oxygens (including phenoxy) is 2. The Morgan fingerprint density at radius 1 is 1.00 bits per heavy atom. The topological polar surface area (TPSA) is 84.9 Å². The second-order valence-electron chi connectivity index (χ2n) is 6.93. The molecule has 3 aromatic rings. The minimum atomic E-state index is -3.87. The van der Waals surface area contributed by atoms with E-state index in [9.17, 15) is 13.2 Å². The number of amides is 1. The van der Waals surface area contributed by atoms with Crippen LogP contribution < -0.4 is 19.1 Å². The number of hydrogen-bond acceptors (Lipinski definition) is 5. The fraction of sp³-hybridized carbons (Fsp3) is 0.136. The number of sulfonamides is 1. The van der Waals surface area contributed by atoms with Crippen LogP contribution in [0.1, 0.15) is 15.9 Å². The second-order valence-corrected chi connectivity index (χ2v) is 8.62. The Hall–Kier alpha value is -3.52. The van der Waals surface area contributed by atoms with Crippen LogP contribution in [0.15, 0.2) is 65.6 Å². The van der Waals surface area contributed by atoms with Crippen molar-refractivity contribution in [3.63, 3.8) is 0 Å². The summed E-state index contributed by atoms with van der Waals surface area (Å²) in [6.07, 6.45) is 0. The molecule has 0 atom stereocenters. The van der Waals surface area contributed by atoms with Gasteiger partial charge in [-0.25, -0.2) is 8.42 Å². The number of nitrogens with one attached hydrogen (secondary N) is 1. The van der Waals surface area contributed by atoms with Crippen LogP contribution in [0.5, 0.6) is 17.2 Å². The van der Waals surface area contributed by atoms with Gasteiger partial charge in [0, 0.05) is 18.8 Å². The molecule has 154 valence electrons. The highest BCUT2D eigenvalue weighted by Gasteiger charge is 2.27. The first-order chi connectivity index (χ1) is 14.3. The molecule has 0 spiro atoms. The van der Waals surface area contributed by atoms with Crippen LogP contribution in [0.2, 0.25) is 0 Å². The number of aryl methyl sites for hydroxylation is 1. The highest BCUT2D eigenvalue weighted by molar-refractivity contribution is 7.92. The monoisotopic (exact) mass is 424 g/mol. The largest absolute Gasteiger partial charge is 0.497 e. The van der Waals surface area contributed by atoms with Gasteiger partial charge in [-0.2, -0.15) is 0 Å². The first-order valence-corrected chi connectivity index (χ1v) is 10.6. The van der Waals surface area contributed by atoms with Crippen molar-refractivity contribution >= 4 is 27.3 Å². The lowest BCUT2D eigenvalue weighted by Crippen LogP contribution is -2.25. The van der Waals surface area contributed by atoms with Crippen molar-refractivity contribution in [1.29, 1.82) is 0 Å². The van der Waals surface area contributed by atoms with E-state index >= 15 is 0 Å². The van der Waals surface area contributed by atoms with E-state index in [0.29, 0.717) is 22.9 Å². The van der Waals surface area contributed by atoms with Crippen LogP contribution in [0, 0.1) is 6.92 Å². The van der Waals surface area contributed by atoms with Gasteiger partial charge >= 0.3 is 0 Å². The molecular weight excluding hydrogens is 404 g/mol. The van der Waals surface area contributed by atoms with Crippen molar-refractivity contribution in [2.24, 2.45) is 0 Å². The molecule has 4 rings (SSSR count). The zero-order valence-corrected chi connectivity index (χ0v) is 17.5. The van der Waals surface area contributed by atoms with Gasteiger partial charge in [-0.3, -0.25) is 9.52 Å². The first kappa shape index (κ1) is 19.8. The van der Waals surface area contributed by atoms with E-state index in [1.165, 1.54) is 30.2 Å². The minimum Gasteiger partial charge on any atom is -0.497 e. The first-order valence-electron chi connectivity index (χ1n) is 9.16. The quantitative estimate of drug-likeness (QED) is 0.679. The van der Waals surface area contributed by atoms with Gasteiger partial charge in [0.05, 0.1) is 23.3 Å². The van der Waals surface area contributed by atoms with Gasteiger partial charge in [0.25, 0.3) is 15.9 Å². The Bertz CT molecular complexity index is 1250. The van der Waals surface area contributed by atoms with Crippen LogP contribution in [-0.4, -0.2) is 28.5 Å². The molecule has 1 heterocycles. The number of carbonyl (C=O) groups is 1. The maximum Gasteiger partial charge on any atom is 0.262 e. The summed E-state index contributed by atoms with van der Waals surface area (Å²) in [6.45, 7) is 1.93. The van der Waals surface area contributed by atoms with E-state index in [2.05, 4.69) is 4.72 Å². The molecule has 0 aliphatic carbocycles. The van der Waals surface area contributed by atoms with Crippen LogP contribution in [0.4, 0.5) is 11.4 Å². The Morgan fingerprint density at radius 3 is 2.53 bits per heavy atom. The third-order valence-electron chi connectivity index (χ3n) is 4.81. The molecule has 7 nitrogen and oxygen atoms in total. The number of hydrogen-bond donors (Lipinski definition) is 1. The predicted molar refractivity (Wildman–Crippen MR) is 114 cm³/mol. The molecule has 0 saturated carbocycles. The Balaban J connectivity index is 1.70. The standard InChI is InChI=1S/C22H20N2O5S/c1-14-7-9-21-19(11-14)24(2)22(25)18-12-15(8-10-20(18)29-21)23-30(26,27)17-6-4-5-16(13-17)28-3/h4-13,23H,1-3H3. The van der Waals surface area contributed by atoms with E-state index in [-0.39, 0.29) is 22.1 Å². The van der Waals surface area contributed by atoms with E-state index in [1.54, 1.807) is 31.3 Å². The third kappa shape index (κ3) is 3.57. The van der Waals surface area contributed by atoms with Gasteiger partial charge in [-0.05, 0) is 55.0 Å². The molecule has 3 aromatic carbocycles. The van der Waals surface area contributed by atoms with Crippen LogP contribution >= 0.6 is 0 Å². The molecule has 30 heavy (non-hydrogen) atoms. The summed E-state index contributed by atoms with van der Waals surface area (Å²) in [7, 11) is -0.743. The fourth-order valence-corrected chi connectivity index (χ4v) is 4.30. The van der Waals surface area contributed by atoms with E-state index in [4.69, 9.17) is 9.47 Å². The van der Waals surface area contributed by atoms with Crippen molar-refractivity contribution in [3.8, 4) is 17.2 Å². The predicted octanol–water partition coefficient (Wildman–Crippen LogP) is 4.19. The molecule has 1 aliphatic rings. The SMILES string of the molecule is COc1cccc(S(=O)(=O)Nc2ccc3c(c2)C(=O)N(C)c2cc(C)ccc2O3)c1. The Morgan fingerprint density at radius 2 is 1.77 bits per heavy atom. The molecule has 0 aromatic heterocycles. The highest BCUT2D eigenvalue weighted by Crippen LogP contribution is 2.39. The van der Waals surface area contributed by atoms with Gasteiger partial charge in [0.15, 0.2) is 5.75 Å². The molecule has 0 radical (unpaired) electrons. The van der Waals surface area contributed by atoms with E-state index in [0.717, 1.165) is 5.56 Å². The van der Waals surface area contributed by atoms with Crippen molar-refractivity contribution in [3.05, 3.63) is 71.8 Å². The molecule has 0 bridgehead atoms. The number of benzene rings is 3. The molecule has 8 heteroatoms. The summed E-state index contributed by atoms with van der Waals surface area (Å²) in [5.74, 6) is 1.05. The van der Waals surface area contributed by atoms with Crippen LogP contribution in [-0.2, 0) is 10.0 Å². The summed E-state index contributed by atoms with van der Waals surface area (Å²) >= 11 is 0. The average molecular weight is 424 g/mol. The number of fused-ring (bicyclic) bond motifs is 2. The fourth-order valence-electron chi connectivity index (χ4n) is 3.22. The summed E-state index contributed by atoms with van der Waals surface area (Å²) < 4.78 is 39.1. The molecule has 1 aliphatic heterocycles. The lowest BCUT2D eigenvalue weighted by atomic mass is 10.1. The maximum absolute atomic E-state index is 13.0. The number of carbonyl (C=O) groups excluding carboxylic acids is 1. The number of nitrogens with zero attached hydrogens (tertiary/aromatic N) is 1. The molecule has 1 amide bonds. The minimum absolute atomic E-state index is 0.0550. The zero-order chi connectivity index (χ0) is 21.5. The number of anilines is 2. The highest BCUT2D eigenvalue weighted by atomic mass is 32.2. The molecule has 0 fully saturated rings. The molecule has 1 N–H and O–H groups in total. The number of methoxy groups -OCH3 is 1. The van der Waals surface area contributed by atoms with Crippen LogP contribution in [0.25, 0.3) is 0 Å². The Labute approximate surface area is 174 Å². The van der Waals surface area contributed by atoms with Crippen molar-refractivity contribution < 1.29 is 22.7 Å². The normalized spacial score (nSPS) is 13.0. The average Bonchev–Trinajstić information content (AvgIpc) is 2.83. The molecule has 0 unspecified atom stereocenters. The number of rotatable bonds is 4. The second kappa shape index (κ2) is 7.38. The van der Waals surface area contributed by atoms with Crippen LogP contribution in [0.3, 0.4) is 0 Å². The van der Waals surface area contributed by atoms with Gasteiger partial charge in [-0.1, -0.05) is 12.1 Å². The van der Waals surface area contributed by atoms with E-state index in [1.807, 2.05) is 25.1 Å². The maximum atomic E-state index is 13.0. The molecule has 0 saturated heterocycles. The van der Waals surface area contributed by atoms with Crippen molar-refractivity contribution in [2.45, 2.75) is 11.8 Å². The third-order valence-corrected chi connectivity index (χ3v) is 6.19. The Kier molecular flexibility index (Phi) is 4.87. The summed E-state index contributed by atoms with van der Waals surface area (Å²) in [4.78, 5) is 14.6. The molecular formula is C22H20N2O5S. The zero-order valence-electron chi connectivity index (χ0n) is 16.7. The lowest BCUT2D eigenvalue weighted by Gasteiger charge is -2.17. The summed E-state index contributed by atoms with van der Waals surface area (Å²) in [5, 5.41) is 0. The van der Waals surface area contributed by atoms with Crippen molar-refractivity contribution in [2.75, 3.05) is 23.8 Å². The smallest absolute Gasteiger partial charge is 0.262 e. The van der Waals surface area contributed by atoms with Gasteiger partial charge in [0.2, 0.25) is 0 Å². The van der Waals surface area contributed by atoms with Gasteiger partial charge < -0.3 is 14.4 Å². The summed E-state index contributed by atoms with van der Waals surface area (Å²) in [6, 6.07) is 16.3. The van der Waals surface area contributed by atoms with Gasteiger partial charge in [0.1, 0.15) is 11.5 Å².